The van der Waals surface area contributed by atoms with Gasteiger partial charge >= 0.3 is 12.1 Å². The fourth-order valence-corrected chi connectivity index (χ4v) is 5.30. The van der Waals surface area contributed by atoms with Crippen LogP contribution >= 0.6 is 0 Å². The number of ether oxygens (including phenoxy) is 1. The third-order valence-electron chi connectivity index (χ3n) is 7.08. The van der Waals surface area contributed by atoms with E-state index in [9.17, 15) is 14.4 Å². The van der Waals surface area contributed by atoms with E-state index in [2.05, 4.69) is 34.9 Å². The van der Waals surface area contributed by atoms with Gasteiger partial charge in [-0.2, -0.15) is 0 Å². The number of aliphatic carboxylic acids is 1. The first-order valence-electron chi connectivity index (χ1n) is 12.6. The lowest BCUT2D eigenvalue weighted by atomic mass is 9.85. The van der Waals surface area contributed by atoms with Crippen LogP contribution in [0.1, 0.15) is 68.4 Å². The molecule has 7 nitrogen and oxygen atoms in total. The SMILES string of the molecule is O=C(O)CCCCCNC(=O)[C@@H]1CCC[C@H](NC(=O)OCC2c3ccccc3-c3ccccc32)C1. The minimum absolute atomic E-state index is 0.0160. The second-order valence-corrected chi connectivity index (χ2v) is 9.53. The lowest BCUT2D eigenvalue weighted by Gasteiger charge is -2.29. The summed E-state index contributed by atoms with van der Waals surface area (Å²) >= 11 is 0. The molecule has 186 valence electrons. The number of carbonyl (C=O) groups excluding carboxylic acids is 2. The summed E-state index contributed by atoms with van der Waals surface area (Å²) in [4.78, 5) is 35.7. The maximum atomic E-state index is 12.6. The minimum Gasteiger partial charge on any atom is -0.481 e. The monoisotopic (exact) mass is 478 g/mol. The van der Waals surface area contributed by atoms with Crippen molar-refractivity contribution in [2.45, 2.75) is 63.3 Å². The molecule has 2 aromatic rings. The predicted molar refractivity (Wildman–Crippen MR) is 133 cm³/mol. The van der Waals surface area contributed by atoms with E-state index in [4.69, 9.17) is 9.84 Å². The topological polar surface area (TPSA) is 105 Å². The molecule has 4 rings (SSSR count). The van der Waals surface area contributed by atoms with E-state index in [0.717, 1.165) is 32.1 Å². The molecule has 35 heavy (non-hydrogen) atoms. The summed E-state index contributed by atoms with van der Waals surface area (Å²) in [6.45, 7) is 0.831. The third kappa shape index (κ3) is 6.41. The first-order chi connectivity index (χ1) is 17.0. The van der Waals surface area contributed by atoms with E-state index in [-0.39, 0.29) is 36.8 Å². The van der Waals surface area contributed by atoms with Crippen LogP contribution in [-0.2, 0) is 14.3 Å². The number of hydrogen-bond donors (Lipinski definition) is 3. The predicted octanol–water partition coefficient (Wildman–Crippen LogP) is 4.85. The molecular formula is C28H34N2O5. The van der Waals surface area contributed by atoms with E-state index >= 15 is 0 Å². The Morgan fingerprint density at radius 2 is 1.60 bits per heavy atom. The molecule has 0 heterocycles. The highest BCUT2D eigenvalue weighted by Gasteiger charge is 2.31. The molecule has 0 aliphatic heterocycles. The van der Waals surface area contributed by atoms with Crippen LogP contribution in [0.5, 0.6) is 0 Å². The summed E-state index contributed by atoms with van der Waals surface area (Å²) in [6.07, 6.45) is 5.05. The van der Waals surface area contributed by atoms with Crippen LogP contribution < -0.4 is 10.6 Å². The van der Waals surface area contributed by atoms with Gasteiger partial charge in [0, 0.05) is 30.8 Å². The molecule has 2 aliphatic carbocycles. The molecule has 7 heteroatoms. The van der Waals surface area contributed by atoms with Gasteiger partial charge in [-0.05, 0) is 54.4 Å². The summed E-state index contributed by atoms with van der Waals surface area (Å²) in [7, 11) is 0. The highest BCUT2D eigenvalue weighted by molar-refractivity contribution is 5.80. The Labute approximate surface area is 206 Å². The fraction of sp³-hybridized carbons (Fsp3) is 0.464. The summed E-state index contributed by atoms with van der Waals surface area (Å²) in [5.41, 5.74) is 4.75. The Bertz CT molecular complexity index is 1010. The van der Waals surface area contributed by atoms with E-state index in [1.54, 1.807) is 0 Å². The molecule has 0 unspecified atom stereocenters. The van der Waals surface area contributed by atoms with Crippen molar-refractivity contribution in [1.29, 1.82) is 0 Å². The van der Waals surface area contributed by atoms with Crippen LogP contribution in [0.25, 0.3) is 11.1 Å². The van der Waals surface area contributed by atoms with Gasteiger partial charge in [0.05, 0.1) is 0 Å². The molecule has 2 aliphatic rings. The maximum absolute atomic E-state index is 12.6. The van der Waals surface area contributed by atoms with Crippen molar-refractivity contribution >= 4 is 18.0 Å². The van der Waals surface area contributed by atoms with Gasteiger partial charge in [0.1, 0.15) is 6.61 Å². The summed E-state index contributed by atoms with van der Waals surface area (Å²) in [6, 6.07) is 16.4. The Morgan fingerprint density at radius 3 is 2.29 bits per heavy atom. The number of benzene rings is 2. The number of carboxylic acid groups (broad SMARTS) is 1. The van der Waals surface area contributed by atoms with E-state index in [1.165, 1.54) is 22.3 Å². The minimum atomic E-state index is -0.786. The van der Waals surface area contributed by atoms with Crippen LogP contribution in [0.2, 0.25) is 0 Å². The van der Waals surface area contributed by atoms with Gasteiger partial charge in [0.2, 0.25) is 5.91 Å². The molecule has 0 radical (unpaired) electrons. The largest absolute Gasteiger partial charge is 0.481 e. The zero-order valence-electron chi connectivity index (χ0n) is 20.0. The highest BCUT2D eigenvalue weighted by Crippen LogP contribution is 2.44. The average molecular weight is 479 g/mol. The van der Waals surface area contributed by atoms with Crippen molar-refractivity contribution in [2.75, 3.05) is 13.2 Å². The van der Waals surface area contributed by atoms with Gasteiger partial charge in [-0.15, -0.1) is 0 Å². The van der Waals surface area contributed by atoms with Gasteiger partial charge in [-0.25, -0.2) is 4.79 Å². The molecule has 2 amide bonds. The zero-order valence-corrected chi connectivity index (χ0v) is 20.0. The van der Waals surface area contributed by atoms with Crippen molar-refractivity contribution in [3.05, 3.63) is 59.7 Å². The Kier molecular flexibility index (Phi) is 8.40. The molecule has 3 N–H and O–H groups in total. The summed E-state index contributed by atoms with van der Waals surface area (Å²) < 4.78 is 5.66. The Hall–Kier alpha value is -3.35. The van der Waals surface area contributed by atoms with E-state index < -0.39 is 12.1 Å². The Morgan fingerprint density at radius 1 is 0.914 bits per heavy atom. The lowest BCUT2D eigenvalue weighted by molar-refractivity contribution is -0.137. The molecule has 1 fully saturated rings. The number of carbonyl (C=O) groups is 3. The van der Waals surface area contributed by atoms with Gasteiger partial charge < -0.3 is 20.5 Å². The summed E-state index contributed by atoms with van der Waals surface area (Å²) in [5, 5.41) is 14.6. The van der Waals surface area contributed by atoms with Crippen LogP contribution in [0, 0.1) is 5.92 Å². The number of fused-ring (bicyclic) bond motifs is 3. The van der Waals surface area contributed by atoms with E-state index in [1.807, 2.05) is 24.3 Å². The molecule has 2 aromatic carbocycles. The average Bonchev–Trinajstić information content (AvgIpc) is 3.18. The first-order valence-corrected chi connectivity index (χ1v) is 12.6. The number of hydrogen-bond acceptors (Lipinski definition) is 4. The molecule has 1 saturated carbocycles. The normalized spacial score (nSPS) is 18.9. The number of amides is 2. The molecule has 2 atom stereocenters. The van der Waals surface area contributed by atoms with Gasteiger partial charge in [0.15, 0.2) is 0 Å². The van der Waals surface area contributed by atoms with Gasteiger partial charge in [0.25, 0.3) is 0 Å². The summed E-state index contributed by atoms with van der Waals surface area (Å²) in [5.74, 6) is -0.872. The molecule has 0 bridgehead atoms. The molecule has 0 spiro atoms. The number of alkyl carbamates (subject to hydrolysis) is 1. The number of carboxylic acids is 1. The number of rotatable bonds is 10. The molecular weight excluding hydrogens is 444 g/mol. The van der Waals surface area contributed by atoms with E-state index in [0.29, 0.717) is 19.4 Å². The number of nitrogens with one attached hydrogen (secondary N) is 2. The smallest absolute Gasteiger partial charge is 0.407 e. The van der Waals surface area contributed by atoms with Gasteiger partial charge in [-0.3, -0.25) is 9.59 Å². The van der Waals surface area contributed by atoms with Crippen molar-refractivity contribution in [1.82, 2.24) is 10.6 Å². The van der Waals surface area contributed by atoms with Crippen LogP contribution in [0.15, 0.2) is 48.5 Å². The van der Waals surface area contributed by atoms with Crippen molar-refractivity contribution < 1.29 is 24.2 Å². The standard InChI is InChI=1S/C28H34N2O5/c31-26(32)15-2-1-7-16-29-27(33)19-9-8-10-20(17-19)30-28(34)35-18-25-23-13-5-3-11-21(23)22-12-4-6-14-24(22)25/h3-6,11-14,19-20,25H,1-2,7-10,15-18H2,(H,29,33)(H,30,34)(H,31,32)/t19-,20+/m1/s1. The van der Waals surface area contributed by atoms with Crippen molar-refractivity contribution in [3.8, 4) is 11.1 Å². The van der Waals surface area contributed by atoms with Crippen LogP contribution in [0.3, 0.4) is 0 Å². The Balaban J connectivity index is 1.22. The lowest BCUT2D eigenvalue weighted by Crippen LogP contribution is -2.43. The van der Waals surface area contributed by atoms with Crippen molar-refractivity contribution in [2.24, 2.45) is 5.92 Å². The fourth-order valence-electron chi connectivity index (χ4n) is 5.30. The molecule has 0 aromatic heterocycles. The molecule has 0 saturated heterocycles. The third-order valence-corrected chi connectivity index (χ3v) is 7.08. The van der Waals surface area contributed by atoms with Crippen LogP contribution in [0.4, 0.5) is 4.79 Å². The quantitative estimate of drug-likeness (QED) is 0.424. The number of unbranched alkanes of at least 4 members (excludes halogenated alkanes) is 2. The maximum Gasteiger partial charge on any atom is 0.407 e. The van der Waals surface area contributed by atoms with Gasteiger partial charge in [-0.1, -0.05) is 61.4 Å². The van der Waals surface area contributed by atoms with Crippen molar-refractivity contribution in [3.63, 3.8) is 0 Å². The zero-order chi connectivity index (χ0) is 24.6. The highest BCUT2D eigenvalue weighted by atomic mass is 16.5. The second-order valence-electron chi connectivity index (χ2n) is 9.53. The first kappa shape index (κ1) is 24.8. The van der Waals surface area contributed by atoms with Crippen LogP contribution in [-0.4, -0.2) is 42.3 Å². The second kappa shape index (κ2) is 11.9.